The molecule has 72 valence electrons. The first-order valence-electron chi connectivity index (χ1n) is 4.61. The Morgan fingerprint density at radius 1 is 1.58 bits per heavy atom. The summed E-state index contributed by atoms with van der Waals surface area (Å²) in [5, 5.41) is 2.93. The van der Waals surface area contributed by atoms with E-state index in [-0.39, 0.29) is 5.91 Å². The number of nitrogens with one attached hydrogen (secondary N) is 1. The van der Waals surface area contributed by atoms with Crippen molar-refractivity contribution in [2.24, 2.45) is 0 Å². The fraction of sp³-hybridized carbons (Fsp3) is 0.889. The van der Waals surface area contributed by atoms with Crippen LogP contribution < -0.4 is 5.32 Å². The molecule has 0 aliphatic heterocycles. The molecule has 0 aliphatic carbocycles. The summed E-state index contributed by atoms with van der Waals surface area (Å²) in [4.78, 5) is 11.1. The fourth-order valence-electron chi connectivity index (χ4n) is 1.03. The minimum atomic E-state index is 0.119. The molecule has 12 heavy (non-hydrogen) atoms. The SMILES string of the molecule is CCCCC(C)NC(=O)CCS. The van der Waals surface area contributed by atoms with Gasteiger partial charge in [-0.1, -0.05) is 19.8 Å². The molecular formula is C9H19NOS. The molecule has 1 atom stereocenters. The van der Waals surface area contributed by atoms with Crippen molar-refractivity contribution in [3.8, 4) is 0 Å². The van der Waals surface area contributed by atoms with Crippen LogP contribution >= 0.6 is 12.6 Å². The number of rotatable bonds is 6. The molecule has 0 spiro atoms. The van der Waals surface area contributed by atoms with Gasteiger partial charge in [-0.05, 0) is 19.1 Å². The molecule has 1 unspecified atom stereocenters. The van der Waals surface area contributed by atoms with Gasteiger partial charge in [0.15, 0.2) is 0 Å². The molecule has 0 rings (SSSR count). The Labute approximate surface area is 80.5 Å². The predicted octanol–water partition coefficient (Wildman–Crippen LogP) is 2.00. The Kier molecular flexibility index (Phi) is 7.36. The molecule has 1 N–H and O–H groups in total. The smallest absolute Gasteiger partial charge is 0.221 e. The van der Waals surface area contributed by atoms with Gasteiger partial charge in [0, 0.05) is 12.5 Å². The summed E-state index contributed by atoms with van der Waals surface area (Å²) in [6.45, 7) is 4.20. The van der Waals surface area contributed by atoms with E-state index in [1.54, 1.807) is 0 Å². The number of thiol groups is 1. The van der Waals surface area contributed by atoms with E-state index in [0.29, 0.717) is 18.2 Å². The van der Waals surface area contributed by atoms with E-state index in [4.69, 9.17) is 0 Å². The molecule has 0 radical (unpaired) electrons. The second-order valence-electron chi connectivity index (χ2n) is 3.08. The van der Waals surface area contributed by atoms with Crippen molar-refractivity contribution in [3.05, 3.63) is 0 Å². The van der Waals surface area contributed by atoms with Crippen molar-refractivity contribution in [2.75, 3.05) is 5.75 Å². The maximum atomic E-state index is 11.1. The molecule has 1 amide bonds. The van der Waals surface area contributed by atoms with Crippen molar-refractivity contribution >= 4 is 18.5 Å². The fourth-order valence-corrected chi connectivity index (χ4v) is 1.23. The number of carbonyl (C=O) groups excluding carboxylic acids is 1. The van der Waals surface area contributed by atoms with Gasteiger partial charge in [-0.15, -0.1) is 0 Å². The molecule has 3 heteroatoms. The average molecular weight is 189 g/mol. The molecule has 0 saturated carbocycles. The Morgan fingerprint density at radius 2 is 2.25 bits per heavy atom. The van der Waals surface area contributed by atoms with Crippen LogP contribution in [0.15, 0.2) is 0 Å². The monoisotopic (exact) mass is 189 g/mol. The lowest BCUT2D eigenvalue weighted by Gasteiger charge is -2.12. The standard InChI is InChI=1S/C9H19NOS/c1-3-4-5-8(2)10-9(11)6-7-12/h8,12H,3-7H2,1-2H3,(H,10,11). The quantitative estimate of drug-likeness (QED) is 0.615. The summed E-state index contributed by atoms with van der Waals surface area (Å²) in [5.41, 5.74) is 0. The van der Waals surface area contributed by atoms with Gasteiger partial charge in [-0.3, -0.25) is 4.79 Å². The normalized spacial score (nSPS) is 12.6. The second kappa shape index (κ2) is 7.47. The van der Waals surface area contributed by atoms with Crippen molar-refractivity contribution in [3.63, 3.8) is 0 Å². The van der Waals surface area contributed by atoms with Crippen LogP contribution in [0.2, 0.25) is 0 Å². The van der Waals surface area contributed by atoms with Gasteiger partial charge in [-0.25, -0.2) is 0 Å². The van der Waals surface area contributed by atoms with Gasteiger partial charge in [0.05, 0.1) is 0 Å². The first-order valence-corrected chi connectivity index (χ1v) is 5.24. The maximum Gasteiger partial charge on any atom is 0.221 e. The van der Waals surface area contributed by atoms with E-state index < -0.39 is 0 Å². The molecule has 2 nitrogen and oxygen atoms in total. The van der Waals surface area contributed by atoms with Crippen molar-refractivity contribution in [1.82, 2.24) is 5.32 Å². The third-order valence-corrected chi connectivity index (χ3v) is 1.96. The topological polar surface area (TPSA) is 29.1 Å². The van der Waals surface area contributed by atoms with Crippen molar-refractivity contribution < 1.29 is 4.79 Å². The Hall–Kier alpha value is -0.180. The number of hydrogen-bond donors (Lipinski definition) is 2. The highest BCUT2D eigenvalue weighted by Crippen LogP contribution is 1.99. The van der Waals surface area contributed by atoms with Crippen LogP contribution in [-0.4, -0.2) is 17.7 Å². The van der Waals surface area contributed by atoms with E-state index in [0.717, 1.165) is 6.42 Å². The minimum Gasteiger partial charge on any atom is -0.354 e. The lowest BCUT2D eigenvalue weighted by Crippen LogP contribution is -2.32. The summed E-state index contributed by atoms with van der Waals surface area (Å²) in [6.07, 6.45) is 3.98. The van der Waals surface area contributed by atoms with E-state index in [1.165, 1.54) is 12.8 Å². The van der Waals surface area contributed by atoms with Crippen LogP contribution in [0.5, 0.6) is 0 Å². The zero-order chi connectivity index (χ0) is 9.40. The highest BCUT2D eigenvalue weighted by molar-refractivity contribution is 7.80. The largest absolute Gasteiger partial charge is 0.354 e. The summed E-state index contributed by atoms with van der Waals surface area (Å²) in [7, 11) is 0. The molecule has 0 fully saturated rings. The van der Waals surface area contributed by atoms with Crippen LogP contribution in [0, 0.1) is 0 Å². The van der Waals surface area contributed by atoms with Crippen LogP contribution in [0.1, 0.15) is 39.5 Å². The zero-order valence-corrected chi connectivity index (χ0v) is 8.86. The minimum absolute atomic E-state index is 0.119. The van der Waals surface area contributed by atoms with Gasteiger partial charge in [0.25, 0.3) is 0 Å². The first-order chi connectivity index (χ1) is 5.70. The lowest BCUT2D eigenvalue weighted by molar-refractivity contribution is -0.121. The van der Waals surface area contributed by atoms with E-state index >= 15 is 0 Å². The van der Waals surface area contributed by atoms with E-state index in [1.807, 2.05) is 6.92 Å². The number of amides is 1. The van der Waals surface area contributed by atoms with Crippen molar-refractivity contribution in [2.45, 2.75) is 45.6 Å². The third kappa shape index (κ3) is 6.53. The molecule has 0 saturated heterocycles. The van der Waals surface area contributed by atoms with Crippen LogP contribution in [0.3, 0.4) is 0 Å². The van der Waals surface area contributed by atoms with E-state index in [2.05, 4.69) is 24.9 Å². The molecule has 0 aromatic heterocycles. The van der Waals surface area contributed by atoms with Gasteiger partial charge < -0.3 is 5.32 Å². The summed E-state index contributed by atoms with van der Waals surface area (Å²) >= 11 is 3.99. The van der Waals surface area contributed by atoms with Crippen LogP contribution in [0.4, 0.5) is 0 Å². The van der Waals surface area contributed by atoms with Crippen LogP contribution in [0.25, 0.3) is 0 Å². The number of hydrogen-bond acceptors (Lipinski definition) is 2. The summed E-state index contributed by atoms with van der Waals surface area (Å²) < 4.78 is 0. The van der Waals surface area contributed by atoms with Gasteiger partial charge in [-0.2, -0.15) is 12.6 Å². The Balaban J connectivity index is 3.40. The Morgan fingerprint density at radius 3 is 2.75 bits per heavy atom. The molecule has 0 heterocycles. The lowest BCUT2D eigenvalue weighted by atomic mass is 10.1. The van der Waals surface area contributed by atoms with E-state index in [9.17, 15) is 4.79 Å². The molecule has 0 aromatic rings. The molecule has 0 aliphatic rings. The number of unbranched alkanes of at least 4 members (excludes halogenated alkanes) is 1. The predicted molar refractivity (Wildman–Crippen MR) is 55.6 cm³/mol. The highest BCUT2D eigenvalue weighted by Gasteiger charge is 2.04. The zero-order valence-electron chi connectivity index (χ0n) is 7.97. The summed E-state index contributed by atoms with van der Waals surface area (Å²) in [5.74, 6) is 0.750. The first kappa shape index (κ1) is 11.8. The van der Waals surface area contributed by atoms with Crippen LogP contribution in [-0.2, 0) is 4.79 Å². The summed E-state index contributed by atoms with van der Waals surface area (Å²) in [6, 6.07) is 0.317. The van der Waals surface area contributed by atoms with Gasteiger partial charge in [0.1, 0.15) is 0 Å². The number of carbonyl (C=O) groups is 1. The van der Waals surface area contributed by atoms with Gasteiger partial charge in [0.2, 0.25) is 5.91 Å². The average Bonchev–Trinajstić information content (AvgIpc) is 2.01. The maximum absolute atomic E-state index is 11.1. The molecular weight excluding hydrogens is 170 g/mol. The third-order valence-electron chi connectivity index (χ3n) is 1.74. The second-order valence-corrected chi connectivity index (χ2v) is 3.53. The Bertz CT molecular complexity index is 128. The van der Waals surface area contributed by atoms with Gasteiger partial charge >= 0.3 is 0 Å². The molecule has 0 bridgehead atoms. The highest BCUT2D eigenvalue weighted by atomic mass is 32.1. The van der Waals surface area contributed by atoms with Crippen molar-refractivity contribution in [1.29, 1.82) is 0 Å². The molecule has 0 aromatic carbocycles.